The fourth-order valence-corrected chi connectivity index (χ4v) is 3.26. The minimum Gasteiger partial charge on any atom is -0.507 e. The van der Waals surface area contributed by atoms with Crippen LogP contribution in [0.3, 0.4) is 0 Å². The third-order valence-electron chi connectivity index (χ3n) is 4.10. The maximum absolute atomic E-state index is 11.5. The number of phenols is 2. The molecule has 0 saturated heterocycles. The van der Waals surface area contributed by atoms with Crippen LogP contribution in [0.4, 0.5) is 0 Å². The molecular weight excluding hydrogens is 324 g/mol. The van der Waals surface area contributed by atoms with Gasteiger partial charge in [-0.1, -0.05) is 58.9 Å². The van der Waals surface area contributed by atoms with Gasteiger partial charge in [-0.3, -0.25) is 0 Å². The van der Waals surface area contributed by atoms with Gasteiger partial charge in [0.25, 0.3) is 0 Å². The summed E-state index contributed by atoms with van der Waals surface area (Å²) in [4.78, 5) is -0.164. The molecule has 4 nitrogen and oxygen atoms in total. The van der Waals surface area contributed by atoms with Gasteiger partial charge in [-0.15, -0.1) is 0 Å². The summed E-state index contributed by atoms with van der Waals surface area (Å²) in [6, 6.07) is 8.99. The Hall–Kier alpha value is -2.01. The van der Waals surface area contributed by atoms with Crippen molar-refractivity contribution in [3.05, 3.63) is 41.5 Å². The summed E-state index contributed by atoms with van der Waals surface area (Å²) >= 11 is 0. The van der Waals surface area contributed by atoms with E-state index in [1.807, 2.05) is 24.3 Å². The summed E-state index contributed by atoms with van der Waals surface area (Å²) < 4.78 is 23.0. The number of phenolic OH excluding ortho intramolecular Hbond substituents is 2. The Morgan fingerprint density at radius 2 is 1.62 bits per heavy atom. The van der Waals surface area contributed by atoms with Crippen LogP contribution >= 0.6 is 0 Å². The molecule has 0 saturated carbocycles. The number of aromatic hydroxyl groups is 2. The summed E-state index contributed by atoms with van der Waals surface area (Å²) in [7, 11) is -2.97. The molecule has 2 rings (SSSR count). The monoisotopic (exact) mass is 348 g/mol. The zero-order chi connectivity index (χ0) is 18.2. The average Bonchev–Trinajstić information content (AvgIpc) is 2.46. The number of hydrogen-bond donors (Lipinski definition) is 3. The molecule has 0 aromatic heterocycles. The van der Waals surface area contributed by atoms with Gasteiger partial charge in [0.2, 0.25) is 0 Å². The lowest BCUT2D eigenvalue weighted by atomic mass is 9.85. The summed E-state index contributed by atoms with van der Waals surface area (Å²) in [5.41, 5.74) is 2.39. The van der Waals surface area contributed by atoms with Crippen LogP contribution in [-0.2, 0) is 16.1 Å². The zero-order valence-electron chi connectivity index (χ0n) is 14.6. The first-order chi connectivity index (χ1) is 11.0. The molecule has 5 heteroatoms. The van der Waals surface area contributed by atoms with E-state index in [9.17, 15) is 18.6 Å². The smallest absolute Gasteiger partial charge is 0.171 e. The maximum atomic E-state index is 11.5. The highest BCUT2D eigenvalue weighted by atomic mass is 32.2. The van der Waals surface area contributed by atoms with E-state index < -0.39 is 10.7 Å². The van der Waals surface area contributed by atoms with Crippen LogP contribution in [0.5, 0.6) is 11.5 Å². The first-order valence-corrected chi connectivity index (χ1v) is 9.06. The summed E-state index contributed by atoms with van der Waals surface area (Å²) in [6.45, 7) is 9.85. The summed E-state index contributed by atoms with van der Waals surface area (Å²) in [5.74, 6) is -0.659. The Kier molecular flexibility index (Phi) is 4.95. The fraction of sp³-hybridized carbons (Fsp3) is 0.368. The van der Waals surface area contributed by atoms with Gasteiger partial charge in [0.15, 0.2) is 10.7 Å². The second-order valence-electron chi connectivity index (χ2n) is 7.30. The van der Waals surface area contributed by atoms with Crippen molar-refractivity contribution in [1.29, 1.82) is 0 Å². The lowest BCUT2D eigenvalue weighted by molar-refractivity contribution is 0.424. The Labute approximate surface area is 144 Å². The Balaban J connectivity index is 2.80. The third-order valence-corrected chi connectivity index (χ3v) is 4.84. The molecule has 0 aliphatic rings. The van der Waals surface area contributed by atoms with Crippen molar-refractivity contribution in [3.63, 3.8) is 0 Å². The summed E-state index contributed by atoms with van der Waals surface area (Å²) in [6.07, 6.45) is 0. The standard InChI is InChI=1S/C19H24O4S/c1-11(2)16-17(20)14(10-15(18(16)21)24(22)23)12-7-6-8-13(9-12)19(3,4)5/h6-11,20-21,24H,1-5H3. The molecule has 0 fully saturated rings. The predicted molar refractivity (Wildman–Crippen MR) is 96.6 cm³/mol. The number of benzene rings is 2. The van der Waals surface area contributed by atoms with Gasteiger partial charge in [0.1, 0.15) is 16.4 Å². The van der Waals surface area contributed by atoms with E-state index in [0.29, 0.717) is 5.56 Å². The molecule has 0 atom stereocenters. The van der Waals surface area contributed by atoms with E-state index in [1.54, 1.807) is 13.8 Å². The van der Waals surface area contributed by atoms with E-state index in [2.05, 4.69) is 20.8 Å². The van der Waals surface area contributed by atoms with Crippen LogP contribution < -0.4 is 0 Å². The molecule has 0 unspecified atom stereocenters. The first-order valence-electron chi connectivity index (χ1n) is 7.88. The second-order valence-corrected chi connectivity index (χ2v) is 8.29. The van der Waals surface area contributed by atoms with Crippen LogP contribution in [0.15, 0.2) is 35.2 Å². The Morgan fingerprint density at radius 3 is 2.12 bits per heavy atom. The van der Waals surface area contributed by atoms with Crippen molar-refractivity contribution in [3.8, 4) is 22.6 Å². The van der Waals surface area contributed by atoms with Gasteiger partial charge in [0.05, 0.1) is 0 Å². The molecule has 0 spiro atoms. The first kappa shape index (κ1) is 18.3. The highest BCUT2D eigenvalue weighted by Gasteiger charge is 2.22. The van der Waals surface area contributed by atoms with Gasteiger partial charge in [-0.25, -0.2) is 8.42 Å². The molecule has 0 aliphatic heterocycles. The van der Waals surface area contributed by atoms with Crippen molar-refractivity contribution in [2.75, 3.05) is 0 Å². The highest BCUT2D eigenvalue weighted by Crippen LogP contribution is 2.44. The van der Waals surface area contributed by atoms with Gasteiger partial charge < -0.3 is 10.2 Å². The molecule has 0 amide bonds. The van der Waals surface area contributed by atoms with E-state index in [4.69, 9.17) is 0 Å². The van der Waals surface area contributed by atoms with Crippen molar-refractivity contribution < 1.29 is 18.6 Å². The summed E-state index contributed by atoms with van der Waals surface area (Å²) in [5, 5.41) is 20.9. The largest absolute Gasteiger partial charge is 0.507 e. The molecule has 0 bridgehead atoms. The van der Waals surface area contributed by atoms with Crippen LogP contribution in [-0.4, -0.2) is 18.6 Å². The average molecular weight is 348 g/mol. The molecule has 2 aromatic carbocycles. The molecule has 130 valence electrons. The quantitative estimate of drug-likeness (QED) is 0.728. The minimum atomic E-state index is -2.97. The third kappa shape index (κ3) is 3.41. The van der Waals surface area contributed by atoms with Crippen LogP contribution in [0.25, 0.3) is 11.1 Å². The molecule has 2 aromatic rings. The molecule has 2 N–H and O–H groups in total. The fourth-order valence-electron chi connectivity index (χ4n) is 2.73. The Morgan fingerprint density at radius 1 is 1.00 bits per heavy atom. The second kappa shape index (κ2) is 6.48. The van der Waals surface area contributed by atoms with Crippen molar-refractivity contribution in [2.24, 2.45) is 0 Å². The maximum Gasteiger partial charge on any atom is 0.171 e. The van der Waals surface area contributed by atoms with Crippen LogP contribution in [0.2, 0.25) is 0 Å². The van der Waals surface area contributed by atoms with E-state index in [-0.39, 0.29) is 33.3 Å². The van der Waals surface area contributed by atoms with Crippen molar-refractivity contribution in [2.45, 2.75) is 50.8 Å². The number of hydrogen-bond acceptors (Lipinski definition) is 4. The minimum absolute atomic E-state index is 0.0735. The normalized spacial score (nSPS) is 12.1. The van der Waals surface area contributed by atoms with Gasteiger partial charge in [-0.05, 0) is 28.5 Å². The highest BCUT2D eigenvalue weighted by molar-refractivity contribution is 7.72. The molecule has 24 heavy (non-hydrogen) atoms. The SMILES string of the molecule is CC(C)c1c(O)c(-c2cccc(C(C)(C)C)c2)cc([SH](=O)=O)c1O. The topological polar surface area (TPSA) is 74.6 Å². The number of thiol groups is 1. The molecule has 0 heterocycles. The lowest BCUT2D eigenvalue weighted by Crippen LogP contribution is -2.10. The van der Waals surface area contributed by atoms with Crippen molar-refractivity contribution in [1.82, 2.24) is 0 Å². The Bertz CT molecular complexity index is 835. The van der Waals surface area contributed by atoms with Crippen LogP contribution in [0.1, 0.15) is 51.7 Å². The van der Waals surface area contributed by atoms with Gasteiger partial charge in [-0.2, -0.15) is 0 Å². The molecule has 0 radical (unpaired) electrons. The van der Waals surface area contributed by atoms with Crippen LogP contribution in [0, 0.1) is 0 Å². The van der Waals surface area contributed by atoms with Gasteiger partial charge in [0, 0.05) is 11.1 Å². The van der Waals surface area contributed by atoms with E-state index in [1.165, 1.54) is 6.07 Å². The van der Waals surface area contributed by atoms with Crippen molar-refractivity contribution >= 4 is 10.7 Å². The number of rotatable bonds is 3. The van der Waals surface area contributed by atoms with E-state index >= 15 is 0 Å². The van der Waals surface area contributed by atoms with E-state index in [0.717, 1.165) is 11.1 Å². The zero-order valence-corrected chi connectivity index (χ0v) is 15.5. The molecular formula is C19H24O4S. The molecule has 0 aliphatic carbocycles. The predicted octanol–water partition coefficient (Wildman–Crippen LogP) is 4.16. The van der Waals surface area contributed by atoms with Gasteiger partial charge >= 0.3 is 0 Å². The lowest BCUT2D eigenvalue weighted by Gasteiger charge is -2.21.